The number of nitrogens with one attached hydrogen (secondary N) is 1. The molecule has 0 saturated carbocycles. The molecule has 5 heteroatoms. The Labute approximate surface area is 132 Å². The summed E-state index contributed by atoms with van der Waals surface area (Å²) in [6, 6.07) is 7.60. The molecule has 2 nitrogen and oxygen atoms in total. The van der Waals surface area contributed by atoms with Crippen LogP contribution in [0.1, 0.15) is 42.0 Å². The fourth-order valence-electron chi connectivity index (χ4n) is 2.05. The molecular formula is C16H17ClFNOS. The van der Waals surface area contributed by atoms with Crippen molar-refractivity contribution in [2.75, 3.05) is 0 Å². The fourth-order valence-corrected chi connectivity index (χ4v) is 3.33. The van der Waals surface area contributed by atoms with Gasteiger partial charge in [-0.1, -0.05) is 38.4 Å². The molecule has 112 valence electrons. The summed E-state index contributed by atoms with van der Waals surface area (Å²) in [4.78, 5) is 13.5. The molecule has 1 amide bonds. The second kappa shape index (κ2) is 6.16. The van der Waals surface area contributed by atoms with Crippen molar-refractivity contribution in [2.24, 2.45) is 5.41 Å². The zero-order valence-corrected chi connectivity index (χ0v) is 13.7. The summed E-state index contributed by atoms with van der Waals surface area (Å²) in [6.45, 7) is 6.18. The average molecular weight is 326 g/mol. The second-order valence-electron chi connectivity index (χ2n) is 5.91. The average Bonchev–Trinajstić information content (AvgIpc) is 2.87. The van der Waals surface area contributed by atoms with Crippen LogP contribution < -0.4 is 5.32 Å². The van der Waals surface area contributed by atoms with Gasteiger partial charge in [0.05, 0.1) is 16.6 Å². The lowest BCUT2D eigenvalue weighted by Crippen LogP contribution is -2.36. The van der Waals surface area contributed by atoms with Gasteiger partial charge in [0, 0.05) is 4.88 Å². The lowest BCUT2D eigenvalue weighted by atomic mass is 9.85. The number of amides is 1. The van der Waals surface area contributed by atoms with Crippen molar-refractivity contribution >= 4 is 28.8 Å². The Kier molecular flexibility index (Phi) is 4.69. The van der Waals surface area contributed by atoms with Crippen LogP contribution in [0, 0.1) is 11.2 Å². The lowest BCUT2D eigenvalue weighted by Gasteiger charge is -2.31. The van der Waals surface area contributed by atoms with Gasteiger partial charge in [0.2, 0.25) is 0 Å². The highest BCUT2D eigenvalue weighted by molar-refractivity contribution is 7.10. The highest BCUT2D eigenvalue weighted by Gasteiger charge is 2.29. The van der Waals surface area contributed by atoms with Gasteiger partial charge in [0.15, 0.2) is 0 Å². The van der Waals surface area contributed by atoms with Crippen molar-refractivity contribution in [3.05, 3.63) is 57.0 Å². The van der Waals surface area contributed by atoms with Gasteiger partial charge in [-0.05, 0) is 35.1 Å². The van der Waals surface area contributed by atoms with E-state index in [0.29, 0.717) is 0 Å². The number of thiophene rings is 1. The maximum atomic E-state index is 13.1. The Morgan fingerprint density at radius 1 is 1.33 bits per heavy atom. The minimum Gasteiger partial charge on any atom is -0.344 e. The van der Waals surface area contributed by atoms with E-state index < -0.39 is 5.82 Å². The highest BCUT2D eigenvalue weighted by Crippen LogP contribution is 2.35. The van der Waals surface area contributed by atoms with Gasteiger partial charge < -0.3 is 5.32 Å². The molecule has 21 heavy (non-hydrogen) atoms. The molecule has 1 N–H and O–H groups in total. The molecule has 1 atom stereocenters. The maximum absolute atomic E-state index is 13.1. The number of carbonyl (C=O) groups excluding carboxylic acids is 1. The van der Waals surface area contributed by atoms with E-state index in [1.807, 2.05) is 17.5 Å². The summed E-state index contributed by atoms with van der Waals surface area (Å²) < 4.78 is 13.1. The first-order chi connectivity index (χ1) is 9.79. The number of hydrogen-bond acceptors (Lipinski definition) is 2. The van der Waals surface area contributed by atoms with E-state index in [2.05, 4.69) is 26.1 Å². The highest BCUT2D eigenvalue weighted by atomic mass is 35.5. The molecule has 0 aliphatic carbocycles. The molecule has 0 bridgehead atoms. The van der Waals surface area contributed by atoms with Crippen molar-refractivity contribution in [1.82, 2.24) is 5.32 Å². The van der Waals surface area contributed by atoms with Gasteiger partial charge in [0.1, 0.15) is 5.82 Å². The van der Waals surface area contributed by atoms with Crippen molar-refractivity contribution in [2.45, 2.75) is 26.8 Å². The van der Waals surface area contributed by atoms with Gasteiger partial charge in [-0.2, -0.15) is 0 Å². The Balaban J connectivity index is 2.27. The van der Waals surface area contributed by atoms with Crippen LogP contribution in [0.5, 0.6) is 0 Å². The molecule has 0 fully saturated rings. The van der Waals surface area contributed by atoms with E-state index in [-0.39, 0.29) is 28.0 Å². The fraction of sp³-hybridized carbons (Fsp3) is 0.312. The zero-order chi connectivity index (χ0) is 15.6. The molecule has 2 rings (SSSR count). The molecule has 0 aliphatic rings. The number of benzene rings is 1. The van der Waals surface area contributed by atoms with Crippen molar-refractivity contribution in [1.29, 1.82) is 0 Å². The van der Waals surface area contributed by atoms with Crippen LogP contribution in [0.2, 0.25) is 5.02 Å². The van der Waals surface area contributed by atoms with Crippen molar-refractivity contribution in [3.63, 3.8) is 0 Å². The van der Waals surface area contributed by atoms with E-state index in [0.717, 1.165) is 10.9 Å². The smallest absolute Gasteiger partial charge is 0.253 e. The molecule has 1 aromatic heterocycles. The summed E-state index contributed by atoms with van der Waals surface area (Å²) >= 11 is 7.54. The van der Waals surface area contributed by atoms with Crippen molar-refractivity contribution in [3.8, 4) is 0 Å². The first-order valence-corrected chi connectivity index (χ1v) is 7.84. The van der Waals surface area contributed by atoms with E-state index >= 15 is 0 Å². The SMILES string of the molecule is CC(C)(C)[C@H](NC(=O)c1ccc(F)cc1Cl)c1cccs1. The molecule has 1 aromatic carbocycles. The second-order valence-corrected chi connectivity index (χ2v) is 7.30. The third-order valence-electron chi connectivity index (χ3n) is 3.14. The number of carbonyl (C=O) groups is 1. The molecule has 0 aliphatic heterocycles. The Morgan fingerprint density at radius 3 is 2.57 bits per heavy atom. The number of halogens is 2. The predicted molar refractivity (Wildman–Crippen MR) is 85.4 cm³/mol. The van der Waals surface area contributed by atoms with Crippen molar-refractivity contribution < 1.29 is 9.18 Å². The van der Waals surface area contributed by atoms with Gasteiger partial charge in [-0.25, -0.2) is 4.39 Å². The third kappa shape index (κ3) is 3.83. The molecule has 0 spiro atoms. The monoisotopic (exact) mass is 325 g/mol. The molecule has 1 heterocycles. The van der Waals surface area contributed by atoms with Gasteiger partial charge in [-0.15, -0.1) is 11.3 Å². The maximum Gasteiger partial charge on any atom is 0.253 e. The molecule has 0 saturated heterocycles. The Bertz CT molecular complexity index is 634. The molecule has 0 radical (unpaired) electrons. The van der Waals surface area contributed by atoms with Gasteiger partial charge in [0.25, 0.3) is 5.91 Å². The van der Waals surface area contributed by atoms with Crippen LogP contribution in [0.25, 0.3) is 0 Å². The van der Waals surface area contributed by atoms with Crippen LogP contribution in [-0.2, 0) is 0 Å². The first kappa shape index (κ1) is 16.0. The van der Waals surface area contributed by atoms with E-state index in [4.69, 9.17) is 11.6 Å². The normalized spacial score (nSPS) is 13.0. The third-order valence-corrected chi connectivity index (χ3v) is 4.39. The van der Waals surface area contributed by atoms with E-state index in [9.17, 15) is 9.18 Å². The zero-order valence-electron chi connectivity index (χ0n) is 12.1. The number of hydrogen-bond donors (Lipinski definition) is 1. The van der Waals surface area contributed by atoms with Gasteiger partial charge in [-0.3, -0.25) is 4.79 Å². The number of rotatable bonds is 3. The quantitative estimate of drug-likeness (QED) is 0.839. The predicted octanol–water partition coefficient (Wildman–Crippen LogP) is 5.06. The summed E-state index contributed by atoms with van der Waals surface area (Å²) in [7, 11) is 0. The summed E-state index contributed by atoms with van der Waals surface area (Å²) in [5.74, 6) is -0.754. The molecule has 2 aromatic rings. The first-order valence-electron chi connectivity index (χ1n) is 6.58. The van der Waals surface area contributed by atoms with Crippen LogP contribution in [-0.4, -0.2) is 5.91 Å². The van der Waals surface area contributed by atoms with E-state index in [1.165, 1.54) is 12.1 Å². The van der Waals surface area contributed by atoms with Gasteiger partial charge >= 0.3 is 0 Å². The summed E-state index contributed by atoms with van der Waals surface area (Å²) in [5.41, 5.74) is 0.136. The van der Waals surface area contributed by atoms with Crippen LogP contribution >= 0.6 is 22.9 Å². The topological polar surface area (TPSA) is 29.1 Å². The standard InChI is InChI=1S/C16H17ClFNOS/c1-16(2,3)14(13-5-4-8-21-13)19-15(20)11-7-6-10(18)9-12(11)17/h4-9,14H,1-3H3,(H,19,20)/t14-/m1/s1. The summed E-state index contributed by atoms with van der Waals surface area (Å²) in [6.07, 6.45) is 0. The minimum absolute atomic E-state index is 0.117. The van der Waals surface area contributed by atoms with Crippen LogP contribution in [0.3, 0.4) is 0 Å². The lowest BCUT2D eigenvalue weighted by molar-refractivity contribution is 0.0903. The largest absolute Gasteiger partial charge is 0.344 e. The molecular weight excluding hydrogens is 309 g/mol. The Morgan fingerprint density at radius 2 is 2.05 bits per heavy atom. The Hall–Kier alpha value is -1.39. The molecule has 0 unspecified atom stereocenters. The van der Waals surface area contributed by atoms with E-state index in [1.54, 1.807) is 11.3 Å². The van der Waals surface area contributed by atoms with Crippen LogP contribution in [0.15, 0.2) is 35.7 Å². The summed E-state index contributed by atoms with van der Waals surface area (Å²) in [5, 5.41) is 5.09. The van der Waals surface area contributed by atoms with Crippen LogP contribution in [0.4, 0.5) is 4.39 Å². The minimum atomic E-state index is -0.456.